The molecule has 2 N–H and O–H groups in total. The summed E-state index contributed by atoms with van der Waals surface area (Å²) in [6.45, 7) is 0. The molecule has 0 rings (SSSR count). The van der Waals surface area contributed by atoms with Crippen molar-refractivity contribution in [3.8, 4) is 0 Å². The summed E-state index contributed by atoms with van der Waals surface area (Å²) < 4.78 is 3.89. The van der Waals surface area contributed by atoms with Crippen LogP contribution in [0.25, 0.3) is 0 Å². The summed E-state index contributed by atoms with van der Waals surface area (Å²) in [7, 11) is 1.22. The van der Waals surface area contributed by atoms with Gasteiger partial charge in [0.15, 0.2) is 0 Å². The number of carbonyl (C=O) groups excluding carboxylic acids is 1. The Kier molecular flexibility index (Phi) is 8.39. The minimum absolute atomic E-state index is 0. The zero-order chi connectivity index (χ0) is 4.28. The normalized spacial score (nSPS) is 5.50. The molecular formula is C2H6NNaO2. The number of amides is 1. The van der Waals surface area contributed by atoms with Crippen LogP contribution in [0.2, 0.25) is 0 Å². The topological polar surface area (TPSA) is 52.3 Å². The number of nitrogens with two attached hydrogens (primary N) is 1. The minimum atomic E-state index is -0.745. The van der Waals surface area contributed by atoms with Gasteiger partial charge in [-0.3, -0.25) is 0 Å². The molecule has 0 aromatic heterocycles. The van der Waals surface area contributed by atoms with E-state index in [0.717, 1.165) is 0 Å². The molecule has 0 spiro atoms. The van der Waals surface area contributed by atoms with Gasteiger partial charge < -0.3 is 10.5 Å². The van der Waals surface area contributed by atoms with E-state index in [1.54, 1.807) is 0 Å². The van der Waals surface area contributed by atoms with Crippen LogP contribution in [0.1, 0.15) is 0 Å². The van der Waals surface area contributed by atoms with Gasteiger partial charge in [0.1, 0.15) is 0 Å². The Balaban J connectivity index is 0. The predicted octanol–water partition coefficient (Wildman–Crippen LogP) is -0.937. The number of carbonyl (C=O) groups is 1. The number of methoxy groups -OCH3 is 1. The average Bonchev–Trinajstić information content (AvgIpc) is 1.38. The van der Waals surface area contributed by atoms with Gasteiger partial charge >= 0.3 is 35.7 Å². The van der Waals surface area contributed by atoms with E-state index < -0.39 is 6.09 Å². The second-order valence-corrected chi connectivity index (χ2v) is 0.523. The third-order valence-electron chi connectivity index (χ3n) is 0.201. The fourth-order valence-electron chi connectivity index (χ4n) is 0. The summed E-state index contributed by atoms with van der Waals surface area (Å²) in [6.07, 6.45) is -0.745. The maximum atomic E-state index is 9.37. The Hall–Kier alpha value is 0.270. The number of hydrogen-bond donors (Lipinski definition) is 1. The molecule has 4 heteroatoms. The van der Waals surface area contributed by atoms with Gasteiger partial charge in [-0.05, 0) is 0 Å². The van der Waals surface area contributed by atoms with E-state index >= 15 is 0 Å². The van der Waals surface area contributed by atoms with Crippen molar-refractivity contribution in [2.24, 2.45) is 5.73 Å². The van der Waals surface area contributed by atoms with Crippen LogP contribution in [0.4, 0.5) is 4.79 Å². The van der Waals surface area contributed by atoms with E-state index in [4.69, 9.17) is 0 Å². The Morgan fingerprint density at radius 3 is 2.00 bits per heavy atom. The predicted molar refractivity (Wildman–Crippen MR) is 23.7 cm³/mol. The quantitative estimate of drug-likeness (QED) is 0.398. The van der Waals surface area contributed by atoms with Crippen LogP contribution >= 0.6 is 0 Å². The Labute approximate surface area is 58.1 Å². The van der Waals surface area contributed by atoms with Crippen LogP contribution in [0.5, 0.6) is 0 Å². The molecule has 0 saturated carbocycles. The van der Waals surface area contributed by atoms with E-state index in [0.29, 0.717) is 0 Å². The fraction of sp³-hybridized carbons (Fsp3) is 0.500. The van der Waals surface area contributed by atoms with E-state index in [9.17, 15) is 4.79 Å². The van der Waals surface area contributed by atoms with Gasteiger partial charge in [0.2, 0.25) is 0 Å². The summed E-state index contributed by atoms with van der Waals surface area (Å²) in [5.74, 6) is 0. The molecule has 6 heavy (non-hydrogen) atoms. The van der Waals surface area contributed by atoms with Crippen LogP contribution in [0.3, 0.4) is 0 Å². The van der Waals surface area contributed by atoms with Crippen molar-refractivity contribution in [1.82, 2.24) is 0 Å². The van der Waals surface area contributed by atoms with E-state index in [2.05, 4.69) is 10.5 Å². The fourth-order valence-corrected chi connectivity index (χ4v) is 0. The molecule has 0 heterocycles. The monoisotopic (exact) mass is 99.0 g/mol. The van der Waals surface area contributed by atoms with Gasteiger partial charge in [-0.25, -0.2) is 4.79 Å². The summed E-state index contributed by atoms with van der Waals surface area (Å²) in [5, 5.41) is 0. The van der Waals surface area contributed by atoms with Gasteiger partial charge in [0.05, 0.1) is 7.11 Å². The molecule has 32 valence electrons. The van der Waals surface area contributed by atoms with Gasteiger partial charge in [-0.1, -0.05) is 0 Å². The number of rotatable bonds is 0. The molecule has 0 fully saturated rings. The number of ether oxygens (including phenoxy) is 1. The third-order valence-corrected chi connectivity index (χ3v) is 0.201. The van der Waals surface area contributed by atoms with Crippen LogP contribution in [-0.2, 0) is 4.74 Å². The molecule has 0 bridgehead atoms. The molecule has 0 aromatic carbocycles. The molecule has 3 nitrogen and oxygen atoms in total. The van der Waals surface area contributed by atoms with Gasteiger partial charge in [-0.15, -0.1) is 0 Å². The molecule has 0 atom stereocenters. The second-order valence-electron chi connectivity index (χ2n) is 0.523. The summed E-state index contributed by atoms with van der Waals surface area (Å²) in [5.41, 5.74) is 4.43. The van der Waals surface area contributed by atoms with Gasteiger partial charge in [0.25, 0.3) is 0 Å². The maximum absolute atomic E-state index is 9.37. The Morgan fingerprint density at radius 2 is 2.00 bits per heavy atom. The van der Waals surface area contributed by atoms with Crippen LogP contribution in [0, 0.1) is 0 Å². The van der Waals surface area contributed by atoms with E-state index in [1.807, 2.05) is 0 Å². The van der Waals surface area contributed by atoms with Crippen molar-refractivity contribution in [2.75, 3.05) is 7.11 Å². The van der Waals surface area contributed by atoms with Crippen molar-refractivity contribution < 1.29 is 9.53 Å². The van der Waals surface area contributed by atoms with Gasteiger partial charge in [0, 0.05) is 0 Å². The Bertz CT molecular complexity index is 46.8. The van der Waals surface area contributed by atoms with Crippen molar-refractivity contribution in [2.45, 2.75) is 0 Å². The third kappa shape index (κ3) is 8.86. The Morgan fingerprint density at radius 1 is 1.83 bits per heavy atom. The van der Waals surface area contributed by atoms with Crippen LogP contribution in [-0.4, -0.2) is 42.8 Å². The molecular weight excluding hydrogens is 93.0 g/mol. The van der Waals surface area contributed by atoms with Crippen LogP contribution in [0.15, 0.2) is 0 Å². The standard InChI is InChI=1S/C2H5NO2.Na.H/c1-5-2(3)4;;/h1H3,(H2,3,4);;. The first-order chi connectivity index (χ1) is 2.27. The average molecular weight is 99.1 g/mol. The zero-order valence-electron chi connectivity index (χ0n) is 2.89. The van der Waals surface area contributed by atoms with Crippen molar-refractivity contribution in [1.29, 1.82) is 0 Å². The summed E-state index contributed by atoms with van der Waals surface area (Å²) in [4.78, 5) is 9.37. The zero-order valence-corrected chi connectivity index (χ0v) is 2.89. The molecule has 0 saturated heterocycles. The number of primary amides is 1. The van der Waals surface area contributed by atoms with E-state index in [1.165, 1.54) is 7.11 Å². The van der Waals surface area contributed by atoms with Crippen LogP contribution < -0.4 is 5.73 Å². The SMILES string of the molecule is COC(N)=O.[NaH]. The molecule has 0 aliphatic rings. The molecule has 0 unspecified atom stereocenters. The summed E-state index contributed by atoms with van der Waals surface area (Å²) in [6, 6.07) is 0. The molecule has 0 radical (unpaired) electrons. The molecule has 1 amide bonds. The first-order valence-corrected chi connectivity index (χ1v) is 1.11. The first kappa shape index (κ1) is 9.55. The van der Waals surface area contributed by atoms with Crippen molar-refractivity contribution in [3.05, 3.63) is 0 Å². The van der Waals surface area contributed by atoms with E-state index in [-0.39, 0.29) is 29.6 Å². The molecule has 0 aliphatic carbocycles. The van der Waals surface area contributed by atoms with Gasteiger partial charge in [-0.2, -0.15) is 0 Å². The van der Waals surface area contributed by atoms with Crippen molar-refractivity contribution >= 4 is 35.7 Å². The van der Waals surface area contributed by atoms with Crippen molar-refractivity contribution in [3.63, 3.8) is 0 Å². The second kappa shape index (κ2) is 5.27. The first-order valence-electron chi connectivity index (χ1n) is 1.11. The summed E-state index contributed by atoms with van der Waals surface area (Å²) >= 11 is 0. The molecule has 0 aliphatic heterocycles. The molecule has 0 aromatic rings. The number of hydrogen-bond acceptors (Lipinski definition) is 2.